The van der Waals surface area contributed by atoms with Crippen LogP contribution in [-0.4, -0.2) is 29.6 Å². The topological polar surface area (TPSA) is 26.3 Å². The zero-order valence-electron chi connectivity index (χ0n) is 9.88. The molecule has 1 rings (SSSR count). The van der Waals surface area contributed by atoms with Crippen molar-refractivity contribution in [2.24, 2.45) is 0 Å². The van der Waals surface area contributed by atoms with Crippen molar-refractivity contribution < 1.29 is 27.1 Å². The minimum Gasteiger partial charge on any atom is -0.487 e. The van der Waals surface area contributed by atoms with Gasteiger partial charge in [0.1, 0.15) is 5.75 Å². The SMILES string of the molecule is CC(Br)C(=O)c1ccc(OCC(F)(F)C(F)F)cc1. The van der Waals surface area contributed by atoms with Crippen LogP contribution >= 0.6 is 15.9 Å². The van der Waals surface area contributed by atoms with Crippen LogP contribution in [0.1, 0.15) is 17.3 Å². The van der Waals surface area contributed by atoms with Crippen molar-refractivity contribution in [2.75, 3.05) is 6.61 Å². The van der Waals surface area contributed by atoms with Crippen LogP contribution in [0, 0.1) is 0 Å². The highest BCUT2D eigenvalue weighted by atomic mass is 79.9. The van der Waals surface area contributed by atoms with Crippen molar-refractivity contribution >= 4 is 21.7 Å². The highest BCUT2D eigenvalue weighted by Crippen LogP contribution is 2.24. The molecule has 0 aliphatic carbocycles. The maximum atomic E-state index is 12.6. The number of alkyl halides is 5. The molecule has 2 nitrogen and oxygen atoms in total. The van der Waals surface area contributed by atoms with Gasteiger partial charge in [-0.1, -0.05) is 15.9 Å². The number of carbonyl (C=O) groups is 1. The third kappa shape index (κ3) is 4.49. The summed E-state index contributed by atoms with van der Waals surface area (Å²) in [6, 6.07) is 5.33. The fourth-order valence-electron chi connectivity index (χ4n) is 1.19. The van der Waals surface area contributed by atoms with E-state index in [1.54, 1.807) is 6.92 Å². The van der Waals surface area contributed by atoms with Gasteiger partial charge >= 0.3 is 12.3 Å². The molecule has 0 radical (unpaired) electrons. The third-order valence-electron chi connectivity index (χ3n) is 2.25. The molecule has 0 bridgehead atoms. The Morgan fingerprint density at radius 2 is 1.84 bits per heavy atom. The van der Waals surface area contributed by atoms with E-state index in [1.807, 2.05) is 0 Å². The largest absolute Gasteiger partial charge is 0.487 e. The number of benzene rings is 1. The summed E-state index contributed by atoms with van der Waals surface area (Å²) in [7, 11) is 0. The molecule has 0 N–H and O–H groups in total. The lowest BCUT2D eigenvalue weighted by Crippen LogP contribution is -2.33. The Balaban J connectivity index is 2.66. The molecule has 7 heteroatoms. The lowest BCUT2D eigenvalue weighted by Gasteiger charge is -2.16. The van der Waals surface area contributed by atoms with E-state index < -0.39 is 19.0 Å². The molecule has 106 valence electrons. The summed E-state index contributed by atoms with van der Waals surface area (Å²) in [5, 5.41) is 0. The van der Waals surface area contributed by atoms with E-state index in [1.165, 1.54) is 24.3 Å². The Bertz CT molecular complexity index is 432. The van der Waals surface area contributed by atoms with Crippen LogP contribution < -0.4 is 4.74 Å². The van der Waals surface area contributed by atoms with Gasteiger partial charge in [-0.25, -0.2) is 8.78 Å². The van der Waals surface area contributed by atoms with Gasteiger partial charge in [0, 0.05) is 5.56 Å². The van der Waals surface area contributed by atoms with Crippen LogP contribution in [0.2, 0.25) is 0 Å². The first kappa shape index (κ1) is 15.9. The third-order valence-corrected chi connectivity index (χ3v) is 2.67. The number of rotatable bonds is 6. The molecular weight excluding hydrogens is 332 g/mol. The molecule has 1 atom stereocenters. The van der Waals surface area contributed by atoms with Gasteiger partial charge in [-0.05, 0) is 31.2 Å². The van der Waals surface area contributed by atoms with Gasteiger partial charge in [-0.2, -0.15) is 8.78 Å². The molecule has 0 fully saturated rings. The van der Waals surface area contributed by atoms with Gasteiger partial charge in [0.05, 0.1) is 4.83 Å². The summed E-state index contributed by atoms with van der Waals surface area (Å²) in [5.74, 6) is -4.37. The van der Waals surface area contributed by atoms with E-state index in [-0.39, 0.29) is 16.4 Å². The fourth-order valence-corrected chi connectivity index (χ4v) is 1.45. The first-order valence-corrected chi connectivity index (χ1v) is 6.22. The monoisotopic (exact) mass is 342 g/mol. The number of Topliss-reactive ketones (excluding diaryl/α,β-unsaturated/α-hetero) is 1. The summed E-state index contributed by atoms with van der Waals surface area (Å²) in [6.45, 7) is 0.239. The van der Waals surface area contributed by atoms with Crippen LogP contribution in [0.4, 0.5) is 17.6 Å². The maximum Gasteiger partial charge on any atom is 0.340 e. The Morgan fingerprint density at radius 3 is 2.26 bits per heavy atom. The number of ether oxygens (including phenoxy) is 1. The van der Waals surface area contributed by atoms with Crippen molar-refractivity contribution in [3.63, 3.8) is 0 Å². The molecule has 0 spiro atoms. The van der Waals surface area contributed by atoms with E-state index in [2.05, 4.69) is 20.7 Å². The molecule has 1 aromatic carbocycles. The normalized spacial score (nSPS) is 13.4. The number of hydrogen-bond acceptors (Lipinski definition) is 2. The maximum absolute atomic E-state index is 12.6. The number of halogens is 5. The molecule has 0 aromatic heterocycles. The Morgan fingerprint density at radius 1 is 1.32 bits per heavy atom. The van der Waals surface area contributed by atoms with E-state index in [0.717, 1.165) is 0 Å². The van der Waals surface area contributed by atoms with E-state index in [0.29, 0.717) is 5.56 Å². The second-order valence-corrected chi connectivity index (χ2v) is 5.23. The van der Waals surface area contributed by atoms with Gasteiger partial charge in [-0.15, -0.1) is 0 Å². The highest BCUT2D eigenvalue weighted by Gasteiger charge is 2.41. The van der Waals surface area contributed by atoms with Crippen molar-refractivity contribution in [1.29, 1.82) is 0 Å². The minimum absolute atomic E-state index is 0.000833. The fraction of sp³-hybridized carbons (Fsp3) is 0.417. The molecule has 0 aliphatic heterocycles. The minimum atomic E-state index is -4.20. The Labute approximate surface area is 115 Å². The Kier molecular flexibility index (Phi) is 5.34. The van der Waals surface area contributed by atoms with Crippen LogP contribution in [0.15, 0.2) is 24.3 Å². The van der Waals surface area contributed by atoms with Crippen LogP contribution in [0.25, 0.3) is 0 Å². The second kappa shape index (κ2) is 6.36. The number of hydrogen-bond donors (Lipinski definition) is 0. The predicted octanol–water partition coefficient (Wildman–Crippen LogP) is 3.93. The lowest BCUT2D eigenvalue weighted by molar-refractivity contribution is -0.148. The first-order chi connectivity index (χ1) is 8.74. The second-order valence-electron chi connectivity index (χ2n) is 3.86. The van der Waals surface area contributed by atoms with E-state index in [9.17, 15) is 22.4 Å². The van der Waals surface area contributed by atoms with Gasteiger partial charge in [-0.3, -0.25) is 4.79 Å². The van der Waals surface area contributed by atoms with Gasteiger partial charge in [0.2, 0.25) is 0 Å². The van der Waals surface area contributed by atoms with Crippen LogP contribution in [0.3, 0.4) is 0 Å². The standard InChI is InChI=1S/C12H11BrF4O2/c1-7(13)10(18)8-2-4-9(5-3-8)19-6-12(16,17)11(14)15/h2-5,7,11H,6H2,1H3. The smallest absolute Gasteiger partial charge is 0.340 e. The summed E-state index contributed by atoms with van der Waals surface area (Å²) < 4.78 is 53.6. The number of ketones is 1. The van der Waals surface area contributed by atoms with Crippen LogP contribution in [-0.2, 0) is 0 Å². The molecule has 0 saturated carbocycles. The number of carbonyl (C=O) groups excluding carboxylic acids is 1. The van der Waals surface area contributed by atoms with Crippen molar-refractivity contribution in [3.8, 4) is 5.75 Å². The molecule has 0 aliphatic rings. The Hall–Kier alpha value is -1.11. The molecule has 0 amide bonds. The van der Waals surface area contributed by atoms with E-state index in [4.69, 9.17) is 0 Å². The lowest BCUT2D eigenvalue weighted by atomic mass is 10.1. The zero-order valence-corrected chi connectivity index (χ0v) is 11.5. The summed E-state index contributed by atoms with van der Waals surface area (Å²) in [6.07, 6.45) is -3.78. The highest BCUT2D eigenvalue weighted by molar-refractivity contribution is 9.10. The summed E-state index contributed by atoms with van der Waals surface area (Å²) in [5.41, 5.74) is 0.373. The van der Waals surface area contributed by atoms with Gasteiger partial charge in [0.15, 0.2) is 12.4 Å². The summed E-state index contributed by atoms with van der Waals surface area (Å²) in [4.78, 5) is 11.2. The quantitative estimate of drug-likeness (QED) is 0.444. The van der Waals surface area contributed by atoms with E-state index >= 15 is 0 Å². The molecule has 0 heterocycles. The van der Waals surface area contributed by atoms with Gasteiger partial charge < -0.3 is 4.74 Å². The molecule has 1 unspecified atom stereocenters. The summed E-state index contributed by atoms with van der Waals surface area (Å²) >= 11 is 3.10. The zero-order chi connectivity index (χ0) is 14.6. The molecular formula is C12H11BrF4O2. The average molecular weight is 343 g/mol. The van der Waals surface area contributed by atoms with Crippen molar-refractivity contribution in [1.82, 2.24) is 0 Å². The molecule has 1 aromatic rings. The first-order valence-electron chi connectivity index (χ1n) is 5.31. The average Bonchev–Trinajstić information content (AvgIpc) is 2.36. The van der Waals surface area contributed by atoms with Crippen molar-refractivity contribution in [3.05, 3.63) is 29.8 Å². The molecule has 19 heavy (non-hydrogen) atoms. The van der Waals surface area contributed by atoms with Gasteiger partial charge in [0.25, 0.3) is 0 Å². The molecule has 0 saturated heterocycles. The van der Waals surface area contributed by atoms with Crippen LogP contribution in [0.5, 0.6) is 5.75 Å². The van der Waals surface area contributed by atoms with Crippen molar-refractivity contribution in [2.45, 2.75) is 24.1 Å². The predicted molar refractivity (Wildman–Crippen MR) is 65.6 cm³/mol.